The van der Waals surface area contributed by atoms with Crippen LogP contribution in [0.2, 0.25) is 0 Å². The number of allylic oxidation sites excluding steroid dienone is 1. The van der Waals surface area contributed by atoms with Gasteiger partial charge in [-0.2, -0.15) is 0 Å². The number of nitrogens with zero attached hydrogens (tertiary/aromatic N) is 1. The second-order valence-corrected chi connectivity index (χ2v) is 3.28. The van der Waals surface area contributed by atoms with E-state index in [1.165, 1.54) is 5.56 Å². The SMILES string of the molecule is C/C=C/c1ccnc2ccc(OC)cc12. The van der Waals surface area contributed by atoms with Crippen molar-refractivity contribution in [1.29, 1.82) is 0 Å². The Hall–Kier alpha value is -1.83. The molecule has 0 fully saturated rings. The van der Waals surface area contributed by atoms with Crippen LogP contribution >= 0.6 is 0 Å². The standard InChI is InChI=1S/C13H13NO/c1-3-4-10-7-8-14-13-6-5-11(15-2)9-12(10)13/h3-9H,1-2H3/b4-3+. The average molecular weight is 199 g/mol. The van der Waals surface area contributed by atoms with Crippen molar-refractivity contribution in [2.24, 2.45) is 0 Å². The first-order valence-corrected chi connectivity index (χ1v) is 4.90. The molecule has 76 valence electrons. The third-order valence-electron chi connectivity index (χ3n) is 2.33. The van der Waals surface area contributed by atoms with Crippen molar-refractivity contribution in [3.05, 3.63) is 42.1 Å². The Morgan fingerprint density at radius 1 is 1.27 bits per heavy atom. The van der Waals surface area contributed by atoms with Gasteiger partial charge in [-0.3, -0.25) is 4.98 Å². The highest BCUT2D eigenvalue weighted by molar-refractivity contribution is 5.88. The van der Waals surface area contributed by atoms with Crippen LogP contribution in [0.15, 0.2) is 36.5 Å². The summed E-state index contributed by atoms with van der Waals surface area (Å²) >= 11 is 0. The van der Waals surface area contributed by atoms with E-state index in [9.17, 15) is 0 Å². The number of fused-ring (bicyclic) bond motifs is 1. The van der Waals surface area contributed by atoms with Crippen LogP contribution in [0.1, 0.15) is 12.5 Å². The van der Waals surface area contributed by atoms with Gasteiger partial charge in [-0.25, -0.2) is 0 Å². The van der Waals surface area contributed by atoms with Gasteiger partial charge in [-0.1, -0.05) is 12.2 Å². The molecule has 2 rings (SSSR count). The van der Waals surface area contributed by atoms with E-state index in [-0.39, 0.29) is 0 Å². The van der Waals surface area contributed by atoms with Gasteiger partial charge in [0.15, 0.2) is 0 Å². The highest BCUT2D eigenvalue weighted by Gasteiger charge is 2.00. The van der Waals surface area contributed by atoms with Crippen molar-refractivity contribution in [3.8, 4) is 5.75 Å². The number of hydrogen-bond donors (Lipinski definition) is 0. The van der Waals surface area contributed by atoms with E-state index >= 15 is 0 Å². The summed E-state index contributed by atoms with van der Waals surface area (Å²) in [5.41, 5.74) is 2.16. The number of pyridine rings is 1. The zero-order chi connectivity index (χ0) is 10.7. The van der Waals surface area contributed by atoms with Gasteiger partial charge in [0.25, 0.3) is 0 Å². The quantitative estimate of drug-likeness (QED) is 0.740. The predicted molar refractivity (Wildman–Crippen MR) is 63.0 cm³/mol. The van der Waals surface area contributed by atoms with E-state index in [4.69, 9.17) is 4.74 Å². The van der Waals surface area contributed by atoms with Crippen LogP contribution in [0.3, 0.4) is 0 Å². The Morgan fingerprint density at radius 2 is 2.13 bits per heavy atom. The van der Waals surface area contributed by atoms with Gasteiger partial charge in [0, 0.05) is 11.6 Å². The van der Waals surface area contributed by atoms with Crippen molar-refractivity contribution in [3.63, 3.8) is 0 Å². The first-order valence-electron chi connectivity index (χ1n) is 4.90. The van der Waals surface area contributed by atoms with E-state index in [0.717, 1.165) is 16.7 Å². The molecule has 0 aliphatic rings. The molecule has 0 aliphatic heterocycles. The number of benzene rings is 1. The Morgan fingerprint density at radius 3 is 2.87 bits per heavy atom. The van der Waals surface area contributed by atoms with Crippen LogP contribution < -0.4 is 4.74 Å². The summed E-state index contributed by atoms with van der Waals surface area (Å²) < 4.78 is 5.20. The lowest BCUT2D eigenvalue weighted by molar-refractivity contribution is 0.415. The third-order valence-corrected chi connectivity index (χ3v) is 2.33. The Labute approximate surface area is 89.2 Å². The molecule has 0 atom stereocenters. The molecule has 1 aromatic carbocycles. The van der Waals surface area contributed by atoms with Crippen molar-refractivity contribution in [1.82, 2.24) is 4.98 Å². The second kappa shape index (κ2) is 4.13. The Balaban J connectivity index is 2.70. The van der Waals surface area contributed by atoms with Crippen LogP contribution in [0.25, 0.3) is 17.0 Å². The molecule has 0 amide bonds. The topological polar surface area (TPSA) is 22.1 Å². The smallest absolute Gasteiger partial charge is 0.119 e. The highest BCUT2D eigenvalue weighted by Crippen LogP contribution is 2.23. The van der Waals surface area contributed by atoms with E-state index < -0.39 is 0 Å². The molecule has 0 radical (unpaired) electrons. The van der Waals surface area contributed by atoms with E-state index in [1.807, 2.05) is 43.5 Å². The number of hydrogen-bond acceptors (Lipinski definition) is 2. The molecule has 0 aliphatic carbocycles. The molecule has 1 aromatic heterocycles. The van der Waals surface area contributed by atoms with Crippen LogP contribution in [0, 0.1) is 0 Å². The summed E-state index contributed by atoms with van der Waals surface area (Å²) in [7, 11) is 1.67. The largest absolute Gasteiger partial charge is 0.497 e. The van der Waals surface area contributed by atoms with Crippen molar-refractivity contribution in [2.75, 3.05) is 7.11 Å². The van der Waals surface area contributed by atoms with Crippen molar-refractivity contribution >= 4 is 17.0 Å². The molecular formula is C13H13NO. The van der Waals surface area contributed by atoms with Crippen LogP contribution in [-0.2, 0) is 0 Å². The number of ether oxygens (including phenoxy) is 1. The zero-order valence-electron chi connectivity index (χ0n) is 8.90. The summed E-state index contributed by atoms with van der Waals surface area (Å²) in [6, 6.07) is 7.91. The monoisotopic (exact) mass is 199 g/mol. The number of rotatable bonds is 2. The molecule has 1 heterocycles. The fourth-order valence-electron chi connectivity index (χ4n) is 1.60. The second-order valence-electron chi connectivity index (χ2n) is 3.28. The van der Waals surface area contributed by atoms with Crippen LogP contribution in [-0.4, -0.2) is 12.1 Å². The fraction of sp³-hybridized carbons (Fsp3) is 0.154. The molecule has 0 saturated heterocycles. The van der Waals surface area contributed by atoms with Crippen LogP contribution in [0.4, 0.5) is 0 Å². The molecule has 0 bridgehead atoms. The fourth-order valence-corrected chi connectivity index (χ4v) is 1.60. The van der Waals surface area contributed by atoms with Gasteiger partial charge in [0.1, 0.15) is 5.75 Å². The minimum Gasteiger partial charge on any atom is -0.497 e. The average Bonchev–Trinajstić information content (AvgIpc) is 2.29. The summed E-state index contributed by atoms with van der Waals surface area (Å²) in [5.74, 6) is 0.862. The molecule has 0 unspecified atom stereocenters. The maximum Gasteiger partial charge on any atom is 0.119 e. The zero-order valence-corrected chi connectivity index (χ0v) is 8.90. The van der Waals surface area contributed by atoms with E-state index in [0.29, 0.717) is 0 Å². The minimum atomic E-state index is 0.862. The maximum atomic E-state index is 5.20. The van der Waals surface area contributed by atoms with Gasteiger partial charge in [-0.05, 0) is 36.8 Å². The normalized spacial score (nSPS) is 11.1. The maximum absolute atomic E-state index is 5.20. The van der Waals surface area contributed by atoms with Crippen molar-refractivity contribution in [2.45, 2.75) is 6.92 Å². The molecular weight excluding hydrogens is 186 g/mol. The van der Waals surface area contributed by atoms with Gasteiger partial charge in [0.2, 0.25) is 0 Å². The predicted octanol–water partition coefficient (Wildman–Crippen LogP) is 3.28. The summed E-state index contributed by atoms with van der Waals surface area (Å²) in [6.07, 6.45) is 5.92. The summed E-state index contributed by atoms with van der Waals surface area (Å²) in [5, 5.41) is 1.12. The first-order chi connectivity index (χ1) is 7.35. The van der Waals surface area contributed by atoms with Gasteiger partial charge in [-0.15, -0.1) is 0 Å². The summed E-state index contributed by atoms with van der Waals surface area (Å²) in [4.78, 5) is 4.31. The lowest BCUT2D eigenvalue weighted by atomic mass is 10.1. The van der Waals surface area contributed by atoms with E-state index in [2.05, 4.69) is 11.1 Å². The molecule has 2 heteroatoms. The van der Waals surface area contributed by atoms with Crippen molar-refractivity contribution < 1.29 is 4.74 Å². The first kappa shape index (κ1) is 9.71. The molecule has 15 heavy (non-hydrogen) atoms. The van der Waals surface area contributed by atoms with Gasteiger partial charge < -0.3 is 4.74 Å². The lowest BCUT2D eigenvalue weighted by Crippen LogP contribution is -1.86. The molecule has 0 saturated carbocycles. The molecule has 0 spiro atoms. The summed E-state index contributed by atoms with van der Waals surface area (Å²) in [6.45, 7) is 2.01. The van der Waals surface area contributed by atoms with E-state index in [1.54, 1.807) is 7.11 Å². The number of methoxy groups -OCH3 is 1. The molecule has 2 nitrogen and oxygen atoms in total. The van der Waals surface area contributed by atoms with Gasteiger partial charge >= 0.3 is 0 Å². The Bertz CT molecular complexity index is 503. The number of aromatic nitrogens is 1. The molecule has 0 N–H and O–H groups in total. The Kier molecular flexibility index (Phi) is 2.68. The lowest BCUT2D eigenvalue weighted by Gasteiger charge is -2.04. The van der Waals surface area contributed by atoms with Crippen LogP contribution in [0.5, 0.6) is 5.75 Å². The van der Waals surface area contributed by atoms with Gasteiger partial charge in [0.05, 0.1) is 12.6 Å². The third kappa shape index (κ3) is 1.84. The molecule has 2 aromatic rings. The highest BCUT2D eigenvalue weighted by atomic mass is 16.5. The minimum absolute atomic E-state index is 0.862.